The van der Waals surface area contributed by atoms with Gasteiger partial charge in [0, 0.05) is 23.6 Å². The highest BCUT2D eigenvalue weighted by molar-refractivity contribution is 6.11. The Balaban J connectivity index is 1.84. The molecule has 2 heterocycles. The summed E-state index contributed by atoms with van der Waals surface area (Å²) >= 11 is 0. The number of Topliss-reactive ketones (excluding diaryl/α,β-unsaturated/α-hetero) is 1. The Bertz CT molecular complexity index is 821. The predicted octanol–water partition coefficient (Wildman–Crippen LogP) is 2.41. The molecule has 2 aromatic heterocycles. The number of anilines is 1. The summed E-state index contributed by atoms with van der Waals surface area (Å²) in [4.78, 5) is 27.4. The van der Waals surface area contributed by atoms with Gasteiger partial charge in [-0.05, 0) is 37.3 Å². The fraction of sp³-hybridized carbons (Fsp3) is 0.0667. The van der Waals surface area contributed by atoms with E-state index in [1.807, 2.05) is 0 Å². The molecule has 0 atom stereocenters. The van der Waals surface area contributed by atoms with Crippen LogP contribution in [0.3, 0.4) is 0 Å². The van der Waals surface area contributed by atoms with Crippen molar-refractivity contribution in [1.29, 1.82) is 0 Å². The van der Waals surface area contributed by atoms with Gasteiger partial charge < -0.3 is 5.32 Å². The summed E-state index contributed by atoms with van der Waals surface area (Å²) in [5, 5.41) is 10.2. The second-order valence-electron chi connectivity index (χ2n) is 4.58. The number of nitrogens with one attached hydrogen (secondary N) is 2. The molecule has 0 aliphatic rings. The minimum atomic E-state index is -0.329. The number of carbonyl (C=O) groups excluding carboxylic acids is 2. The van der Waals surface area contributed by atoms with Crippen molar-refractivity contribution in [2.24, 2.45) is 0 Å². The van der Waals surface area contributed by atoms with Crippen LogP contribution in [0.5, 0.6) is 0 Å². The average molecular weight is 280 g/mol. The van der Waals surface area contributed by atoms with E-state index in [-0.39, 0.29) is 17.4 Å². The van der Waals surface area contributed by atoms with E-state index in [0.717, 1.165) is 5.52 Å². The van der Waals surface area contributed by atoms with Crippen molar-refractivity contribution in [2.45, 2.75) is 6.92 Å². The van der Waals surface area contributed by atoms with Crippen LogP contribution < -0.4 is 5.32 Å². The van der Waals surface area contributed by atoms with E-state index in [2.05, 4.69) is 20.5 Å². The fourth-order valence-electron chi connectivity index (χ4n) is 2.01. The zero-order valence-electron chi connectivity index (χ0n) is 11.3. The van der Waals surface area contributed by atoms with Crippen molar-refractivity contribution >= 4 is 28.3 Å². The van der Waals surface area contributed by atoms with Crippen molar-refractivity contribution in [2.75, 3.05) is 5.32 Å². The zero-order chi connectivity index (χ0) is 14.8. The molecule has 21 heavy (non-hydrogen) atoms. The monoisotopic (exact) mass is 280 g/mol. The van der Waals surface area contributed by atoms with Crippen LogP contribution in [-0.4, -0.2) is 26.9 Å². The number of hydrogen-bond donors (Lipinski definition) is 2. The van der Waals surface area contributed by atoms with Crippen molar-refractivity contribution in [1.82, 2.24) is 15.2 Å². The van der Waals surface area contributed by atoms with E-state index >= 15 is 0 Å². The largest absolute Gasteiger partial charge is 0.321 e. The fourth-order valence-corrected chi connectivity index (χ4v) is 2.01. The van der Waals surface area contributed by atoms with Crippen LogP contribution in [0.1, 0.15) is 27.8 Å². The number of ketones is 1. The molecule has 0 radical (unpaired) electrons. The summed E-state index contributed by atoms with van der Waals surface area (Å²) in [6, 6.07) is 8.45. The number of pyridine rings is 1. The summed E-state index contributed by atoms with van der Waals surface area (Å²) in [6.45, 7) is 1.50. The van der Waals surface area contributed by atoms with Crippen LogP contribution in [0.4, 0.5) is 5.69 Å². The molecule has 6 nitrogen and oxygen atoms in total. The van der Waals surface area contributed by atoms with E-state index < -0.39 is 0 Å². The normalized spacial score (nSPS) is 10.5. The Morgan fingerprint density at radius 1 is 1.14 bits per heavy atom. The third kappa shape index (κ3) is 2.51. The van der Waals surface area contributed by atoms with Crippen LogP contribution in [0.15, 0.2) is 42.7 Å². The molecule has 0 bridgehead atoms. The van der Waals surface area contributed by atoms with Gasteiger partial charge >= 0.3 is 0 Å². The molecule has 3 aromatic rings. The van der Waals surface area contributed by atoms with Gasteiger partial charge in [0.25, 0.3) is 5.91 Å². The number of rotatable bonds is 3. The first kappa shape index (κ1) is 13.0. The van der Waals surface area contributed by atoms with E-state index in [0.29, 0.717) is 16.6 Å². The Kier molecular flexibility index (Phi) is 3.19. The van der Waals surface area contributed by atoms with Gasteiger partial charge in [0.1, 0.15) is 0 Å². The number of aromatic nitrogens is 3. The Labute approximate surface area is 120 Å². The number of benzene rings is 1. The van der Waals surface area contributed by atoms with Gasteiger partial charge in [0.2, 0.25) is 0 Å². The molecule has 1 aromatic carbocycles. The van der Waals surface area contributed by atoms with Crippen molar-refractivity contribution in [3.63, 3.8) is 0 Å². The number of nitrogens with zero attached hydrogens (tertiary/aromatic N) is 2. The highest BCUT2D eigenvalue weighted by atomic mass is 16.2. The maximum Gasteiger partial charge on any atom is 0.276 e. The zero-order valence-corrected chi connectivity index (χ0v) is 11.3. The maximum atomic E-state index is 12.2. The van der Waals surface area contributed by atoms with Gasteiger partial charge in [-0.3, -0.25) is 19.7 Å². The summed E-state index contributed by atoms with van der Waals surface area (Å²) in [5.74, 6) is -0.345. The molecule has 6 heteroatoms. The van der Waals surface area contributed by atoms with Crippen LogP contribution in [0.2, 0.25) is 0 Å². The first-order valence-electron chi connectivity index (χ1n) is 6.35. The van der Waals surface area contributed by atoms with E-state index in [4.69, 9.17) is 0 Å². The summed E-state index contributed by atoms with van der Waals surface area (Å²) < 4.78 is 0. The molecule has 0 spiro atoms. The van der Waals surface area contributed by atoms with E-state index in [9.17, 15) is 9.59 Å². The van der Waals surface area contributed by atoms with E-state index in [1.54, 1.807) is 42.7 Å². The van der Waals surface area contributed by atoms with Crippen molar-refractivity contribution < 1.29 is 9.59 Å². The lowest BCUT2D eigenvalue weighted by Crippen LogP contribution is -2.12. The smallest absolute Gasteiger partial charge is 0.276 e. The topological polar surface area (TPSA) is 87.7 Å². The SMILES string of the molecule is CC(=O)c1ccc(NC(=O)c2n[nH]c3ccncc23)cc1. The Morgan fingerprint density at radius 2 is 1.90 bits per heavy atom. The third-order valence-electron chi connectivity index (χ3n) is 3.13. The summed E-state index contributed by atoms with van der Waals surface area (Å²) in [6.07, 6.45) is 3.22. The molecule has 2 N–H and O–H groups in total. The Morgan fingerprint density at radius 3 is 2.62 bits per heavy atom. The molecule has 0 saturated carbocycles. The molecular weight excluding hydrogens is 268 g/mol. The number of carbonyl (C=O) groups is 2. The number of fused-ring (bicyclic) bond motifs is 1. The molecule has 1 amide bonds. The lowest BCUT2D eigenvalue weighted by atomic mass is 10.1. The number of amides is 1. The minimum absolute atomic E-state index is 0.0164. The third-order valence-corrected chi connectivity index (χ3v) is 3.13. The van der Waals surface area contributed by atoms with Gasteiger partial charge in [0.15, 0.2) is 11.5 Å². The molecule has 104 valence electrons. The van der Waals surface area contributed by atoms with E-state index in [1.165, 1.54) is 6.92 Å². The Hall–Kier alpha value is -3.02. The van der Waals surface area contributed by atoms with Gasteiger partial charge in [-0.2, -0.15) is 5.10 Å². The van der Waals surface area contributed by atoms with Crippen molar-refractivity contribution in [3.05, 3.63) is 54.0 Å². The van der Waals surface area contributed by atoms with Gasteiger partial charge in [0.05, 0.1) is 10.9 Å². The summed E-state index contributed by atoms with van der Waals surface area (Å²) in [5.41, 5.74) is 2.24. The van der Waals surface area contributed by atoms with Crippen LogP contribution >= 0.6 is 0 Å². The van der Waals surface area contributed by atoms with Crippen LogP contribution in [0, 0.1) is 0 Å². The first-order valence-corrected chi connectivity index (χ1v) is 6.35. The molecule has 0 aliphatic carbocycles. The predicted molar refractivity (Wildman–Crippen MR) is 78.3 cm³/mol. The van der Waals surface area contributed by atoms with Gasteiger partial charge in [-0.15, -0.1) is 0 Å². The molecule has 3 rings (SSSR count). The second kappa shape index (κ2) is 5.16. The van der Waals surface area contributed by atoms with Gasteiger partial charge in [-0.1, -0.05) is 0 Å². The van der Waals surface area contributed by atoms with Crippen LogP contribution in [-0.2, 0) is 0 Å². The molecule has 0 fully saturated rings. The minimum Gasteiger partial charge on any atom is -0.321 e. The number of aromatic amines is 1. The molecular formula is C15H12N4O2. The molecule has 0 aliphatic heterocycles. The quantitative estimate of drug-likeness (QED) is 0.721. The second-order valence-corrected chi connectivity index (χ2v) is 4.58. The maximum absolute atomic E-state index is 12.2. The highest BCUT2D eigenvalue weighted by Crippen LogP contribution is 2.16. The number of hydrogen-bond acceptors (Lipinski definition) is 4. The van der Waals surface area contributed by atoms with Crippen molar-refractivity contribution in [3.8, 4) is 0 Å². The average Bonchev–Trinajstić information content (AvgIpc) is 2.92. The first-order chi connectivity index (χ1) is 10.1. The lowest BCUT2D eigenvalue weighted by molar-refractivity contribution is 0.101. The summed E-state index contributed by atoms with van der Waals surface area (Å²) in [7, 11) is 0. The number of H-pyrrole nitrogens is 1. The molecule has 0 saturated heterocycles. The lowest BCUT2D eigenvalue weighted by Gasteiger charge is -2.04. The standard InChI is InChI=1S/C15H12N4O2/c1-9(20)10-2-4-11(5-3-10)17-15(21)14-12-8-16-7-6-13(12)18-19-14/h2-8H,1H3,(H,17,21)(H,18,19). The van der Waals surface area contributed by atoms with Crippen LogP contribution in [0.25, 0.3) is 10.9 Å². The van der Waals surface area contributed by atoms with Gasteiger partial charge in [-0.25, -0.2) is 0 Å². The molecule has 0 unspecified atom stereocenters. The highest BCUT2D eigenvalue weighted by Gasteiger charge is 2.14.